The zero-order chi connectivity index (χ0) is 13.1. The first kappa shape index (κ1) is 12.0. The van der Waals surface area contributed by atoms with Gasteiger partial charge in [0.1, 0.15) is 5.58 Å². The van der Waals surface area contributed by atoms with E-state index in [1.807, 2.05) is 42.4 Å². The summed E-state index contributed by atoms with van der Waals surface area (Å²) in [6.45, 7) is 1.74. The summed E-state index contributed by atoms with van der Waals surface area (Å²) in [4.78, 5) is 0. The maximum atomic E-state index is 5.51. The first-order chi connectivity index (χ1) is 9.33. The van der Waals surface area contributed by atoms with E-state index in [0.29, 0.717) is 0 Å². The van der Waals surface area contributed by atoms with Crippen molar-refractivity contribution in [3.8, 4) is 0 Å². The average molecular weight is 255 g/mol. The highest BCUT2D eigenvalue weighted by Gasteiger charge is 2.04. The molecule has 0 aliphatic carbocycles. The fourth-order valence-corrected chi connectivity index (χ4v) is 2.21. The Labute approximate surface area is 112 Å². The Morgan fingerprint density at radius 3 is 3.00 bits per heavy atom. The van der Waals surface area contributed by atoms with Gasteiger partial charge in [-0.25, -0.2) is 0 Å². The molecule has 0 atom stereocenters. The Morgan fingerprint density at radius 1 is 1.26 bits per heavy atom. The van der Waals surface area contributed by atoms with E-state index < -0.39 is 0 Å². The molecular formula is C15H17N3O. The lowest BCUT2D eigenvalue weighted by Gasteiger charge is -2.01. The number of hydrogen-bond acceptors (Lipinski definition) is 3. The smallest absolute Gasteiger partial charge is 0.134 e. The molecule has 0 radical (unpaired) electrons. The first-order valence-corrected chi connectivity index (χ1v) is 6.47. The van der Waals surface area contributed by atoms with Crippen LogP contribution in [0, 0.1) is 0 Å². The van der Waals surface area contributed by atoms with E-state index in [-0.39, 0.29) is 0 Å². The number of furan rings is 1. The number of aromatic nitrogens is 2. The van der Waals surface area contributed by atoms with Crippen LogP contribution in [0.5, 0.6) is 0 Å². The van der Waals surface area contributed by atoms with Gasteiger partial charge < -0.3 is 9.73 Å². The summed E-state index contributed by atoms with van der Waals surface area (Å²) in [5.74, 6) is 0. The zero-order valence-electron chi connectivity index (χ0n) is 11.0. The van der Waals surface area contributed by atoms with Crippen molar-refractivity contribution in [2.45, 2.75) is 13.0 Å². The zero-order valence-corrected chi connectivity index (χ0v) is 11.0. The van der Waals surface area contributed by atoms with Crippen LogP contribution in [0.1, 0.15) is 11.3 Å². The number of aryl methyl sites for hydroxylation is 1. The summed E-state index contributed by atoms with van der Waals surface area (Å²) >= 11 is 0. The van der Waals surface area contributed by atoms with Crippen molar-refractivity contribution in [2.24, 2.45) is 7.05 Å². The van der Waals surface area contributed by atoms with E-state index in [0.717, 1.165) is 30.8 Å². The average Bonchev–Trinajstić information content (AvgIpc) is 3.02. The molecule has 2 heterocycles. The molecule has 4 heteroatoms. The number of nitrogens with one attached hydrogen (secondary N) is 1. The van der Waals surface area contributed by atoms with Crippen LogP contribution in [0.3, 0.4) is 0 Å². The standard InChI is InChI=1S/C15H17N3O/c1-18-9-7-13(17-18)6-8-16-10-12-11-19-15-5-3-2-4-14(12)15/h2-5,7,9,11,16H,6,8,10H2,1H3. The topological polar surface area (TPSA) is 43.0 Å². The van der Waals surface area contributed by atoms with Crippen molar-refractivity contribution in [1.82, 2.24) is 15.1 Å². The Bertz CT molecular complexity index is 669. The molecule has 0 saturated heterocycles. The summed E-state index contributed by atoms with van der Waals surface area (Å²) in [5.41, 5.74) is 3.27. The number of hydrogen-bond donors (Lipinski definition) is 1. The number of nitrogens with zero attached hydrogens (tertiary/aromatic N) is 2. The van der Waals surface area contributed by atoms with Gasteiger partial charge in [0, 0.05) is 43.7 Å². The normalized spacial score (nSPS) is 11.2. The summed E-state index contributed by atoms with van der Waals surface area (Å²) in [6.07, 6.45) is 4.74. The lowest BCUT2D eigenvalue weighted by Crippen LogP contribution is -2.16. The first-order valence-electron chi connectivity index (χ1n) is 6.47. The fourth-order valence-electron chi connectivity index (χ4n) is 2.21. The van der Waals surface area contributed by atoms with Gasteiger partial charge in [0.15, 0.2) is 0 Å². The van der Waals surface area contributed by atoms with Crippen molar-refractivity contribution in [2.75, 3.05) is 6.54 Å². The summed E-state index contributed by atoms with van der Waals surface area (Å²) in [6, 6.07) is 10.2. The van der Waals surface area contributed by atoms with Crippen LogP contribution in [-0.4, -0.2) is 16.3 Å². The number of rotatable bonds is 5. The SMILES string of the molecule is Cn1ccc(CCNCc2coc3ccccc23)n1. The molecular weight excluding hydrogens is 238 g/mol. The van der Waals surface area contributed by atoms with Gasteiger partial charge in [0.25, 0.3) is 0 Å². The van der Waals surface area contributed by atoms with E-state index in [9.17, 15) is 0 Å². The largest absolute Gasteiger partial charge is 0.464 e. The van der Waals surface area contributed by atoms with E-state index in [1.54, 1.807) is 0 Å². The minimum Gasteiger partial charge on any atom is -0.464 e. The highest BCUT2D eigenvalue weighted by Crippen LogP contribution is 2.20. The molecule has 0 bridgehead atoms. The van der Waals surface area contributed by atoms with Gasteiger partial charge in [-0.3, -0.25) is 4.68 Å². The summed E-state index contributed by atoms with van der Waals surface area (Å²) in [5, 5.41) is 8.97. The van der Waals surface area contributed by atoms with Crippen LogP contribution in [-0.2, 0) is 20.0 Å². The highest BCUT2D eigenvalue weighted by atomic mass is 16.3. The lowest BCUT2D eigenvalue weighted by atomic mass is 10.2. The molecule has 3 rings (SSSR count). The molecule has 0 fully saturated rings. The van der Waals surface area contributed by atoms with Crippen molar-refractivity contribution < 1.29 is 4.42 Å². The van der Waals surface area contributed by atoms with Crippen LogP contribution in [0.4, 0.5) is 0 Å². The molecule has 0 unspecified atom stereocenters. The van der Waals surface area contributed by atoms with Crippen LogP contribution < -0.4 is 5.32 Å². The molecule has 0 saturated carbocycles. The molecule has 0 aliphatic rings. The number of fused-ring (bicyclic) bond motifs is 1. The van der Waals surface area contributed by atoms with Gasteiger partial charge in [0.05, 0.1) is 12.0 Å². The molecule has 98 valence electrons. The van der Waals surface area contributed by atoms with Gasteiger partial charge in [0.2, 0.25) is 0 Å². The molecule has 0 aliphatic heterocycles. The third-order valence-electron chi connectivity index (χ3n) is 3.20. The lowest BCUT2D eigenvalue weighted by molar-refractivity contribution is 0.601. The minimum absolute atomic E-state index is 0.823. The van der Waals surface area contributed by atoms with Crippen LogP contribution in [0.25, 0.3) is 11.0 Å². The van der Waals surface area contributed by atoms with Gasteiger partial charge in [-0.05, 0) is 12.1 Å². The molecule has 0 spiro atoms. The molecule has 4 nitrogen and oxygen atoms in total. The van der Waals surface area contributed by atoms with E-state index in [2.05, 4.69) is 22.5 Å². The molecule has 1 N–H and O–H groups in total. The summed E-state index contributed by atoms with van der Waals surface area (Å²) in [7, 11) is 1.94. The second-order valence-corrected chi connectivity index (χ2v) is 4.66. The van der Waals surface area contributed by atoms with Crippen LogP contribution >= 0.6 is 0 Å². The Balaban J connectivity index is 1.55. The van der Waals surface area contributed by atoms with Crippen molar-refractivity contribution in [1.29, 1.82) is 0 Å². The van der Waals surface area contributed by atoms with Crippen LogP contribution in [0.15, 0.2) is 47.2 Å². The number of benzene rings is 1. The second-order valence-electron chi connectivity index (χ2n) is 4.66. The third kappa shape index (κ3) is 2.69. The molecule has 3 aromatic rings. The Morgan fingerprint density at radius 2 is 2.16 bits per heavy atom. The third-order valence-corrected chi connectivity index (χ3v) is 3.20. The second kappa shape index (κ2) is 5.28. The maximum Gasteiger partial charge on any atom is 0.134 e. The molecule has 1 aromatic carbocycles. The molecule has 0 amide bonds. The van der Waals surface area contributed by atoms with Crippen molar-refractivity contribution in [3.63, 3.8) is 0 Å². The quantitative estimate of drug-likeness (QED) is 0.712. The van der Waals surface area contributed by atoms with E-state index >= 15 is 0 Å². The number of para-hydroxylation sites is 1. The molecule has 19 heavy (non-hydrogen) atoms. The van der Waals surface area contributed by atoms with Crippen molar-refractivity contribution >= 4 is 11.0 Å². The van der Waals surface area contributed by atoms with Gasteiger partial charge in [-0.2, -0.15) is 5.10 Å². The predicted molar refractivity (Wildman–Crippen MR) is 74.8 cm³/mol. The predicted octanol–water partition coefficient (Wildman–Crippen LogP) is 2.50. The molecule has 2 aromatic heterocycles. The minimum atomic E-state index is 0.823. The summed E-state index contributed by atoms with van der Waals surface area (Å²) < 4.78 is 7.34. The maximum absolute atomic E-state index is 5.51. The Kier molecular flexibility index (Phi) is 3.33. The van der Waals surface area contributed by atoms with Gasteiger partial charge >= 0.3 is 0 Å². The van der Waals surface area contributed by atoms with E-state index in [4.69, 9.17) is 4.42 Å². The Hall–Kier alpha value is -2.07. The fraction of sp³-hybridized carbons (Fsp3) is 0.267. The van der Waals surface area contributed by atoms with E-state index in [1.165, 1.54) is 10.9 Å². The van der Waals surface area contributed by atoms with Crippen molar-refractivity contribution in [3.05, 3.63) is 54.0 Å². The van der Waals surface area contributed by atoms with Gasteiger partial charge in [-0.1, -0.05) is 18.2 Å². The monoisotopic (exact) mass is 255 g/mol. The van der Waals surface area contributed by atoms with Crippen LogP contribution in [0.2, 0.25) is 0 Å². The highest BCUT2D eigenvalue weighted by molar-refractivity contribution is 5.80. The van der Waals surface area contributed by atoms with Gasteiger partial charge in [-0.15, -0.1) is 0 Å².